The number of rotatable bonds is 5. The number of hydrogen-bond acceptors (Lipinski definition) is 3. The molecular weight excluding hydrogens is 240 g/mol. The lowest BCUT2D eigenvalue weighted by molar-refractivity contribution is -0.140. The number of fused-ring (bicyclic) bond motifs is 1. The van der Waals surface area contributed by atoms with Crippen LogP contribution < -0.4 is 10.2 Å². The zero-order chi connectivity index (χ0) is 14.0. The Labute approximate surface area is 114 Å². The topological polar surface area (TPSA) is 52.6 Å². The van der Waals surface area contributed by atoms with E-state index in [9.17, 15) is 4.79 Å². The smallest absolute Gasteiger partial charge is 0.320 e. The minimum Gasteiger partial charge on any atom is -0.480 e. The molecule has 0 radical (unpaired) electrons. The van der Waals surface area contributed by atoms with Crippen molar-refractivity contribution in [1.29, 1.82) is 0 Å². The van der Waals surface area contributed by atoms with Crippen molar-refractivity contribution in [2.75, 3.05) is 18.5 Å². The van der Waals surface area contributed by atoms with E-state index in [1.54, 1.807) is 0 Å². The standard InChI is InChI=1S/C15H22N2O2/c1-10(2)14(15(18)19)16-9-11-4-5-13-12(8-11)6-7-17(13)3/h4-5,8,10,14,16H,6-7,9H2,1-3H3,(H,18,19). The molecule has 0 fully saturated rings. The molecule has 0 spiro atoms. The van der Waals surface area contributed by atoms with Crippen LogP contribution in [0.25, 0.3) is 0 Å². The quantitative estimate of drug-likeness (QED) is 0.850. The molecule has 1 atom stereocenters. The Bertz CT molecular complexity index is 471. The Morgan fingerprint density at radius 3 is 2.84 bits per heavy atom. The lowest BCUT2D eigenvalue weighted by Crippen LogP contribution is -2.40. The molecule has 104 valence electrons. The van der Waals surface area contributed by atoms with Crippen LogP contribution in [0.4, 0.5) is 5.69 Å². The van der Waals surface area contributed by atoms with Crippen LogP contribution in [-0.4, -0.2) is 30.7 Å². The van der Waals surface area contributed by atoms with Crippen molar-refractivity contribution in [2.45, 2.75) is 32.9 Å². The molecular formula is C15H22N2O2. The molecule has 0 saturated heterocycles. The van der Waals surface area contributed by atoms with Gasteiger partial charge in [0.05, 0.1) is 0 Å². The van der Waals surface area contributed by atoms with Gasteiger partial charge in [-0.25, -0.2) is 0 Å². The van der Waals surface area contributed by atoms with E-state index in [0.29, 0.717) is 6.54 Å². The van der Waals surface area contributed by atoms with Gasteiger partial charge in [-0.15, -0.1) is 0 Å². The van der Waals surface area contributed by atoms with Gasteiger partial charge in [0.1, 0.15) is 6.04 Å². The first kappa shape index (κ1) is 13.9. The zero-order valence-electron chi connectivity index (χ0n) is 11.8. The van der Waals surface area contributed by atoms with E-state index in [2.05, 4.69) is 35.5 Å². The second kappa shape index (κ2) is 5.61. The van der Waals surface area contributed by atoms with Crippen molar-refractivity contribution in [2.24, 2.45) is 5.92 Å². The number of likely N-dealkylation sites (N-methyl/N-ethyl adjacent to an activating group) is 1. The summed E-state index contributed by atoms with van der Waals surface area (Å²) in [6.45, 7) is 5.51. The summed E-state index contributed by atoms with van der Waals surface area (Å²) in [6, 6.07) is 5.90. The average Bonchev–Trinajstić information content (AvgIpc) is 2.70. The van der Waals surface area contributed by atoms with Gasteiger partial charge in [0, 0.05) is 25.8 Å². The molecule has 0 amide bonds. The molecule has 0 saturated carbocycles. The third-order valence-electron chi connectivity index (χ3n) is 3.73. The predicted octanol–water partition coefficient (Wildman–Crippen LogP) is 1.88. The van der Waals surface area contributed by atoms with Crippen LogP contribution in [-0.2, 0) is 17.8 Å². The van der Waals surface area contributed by atoms with Gasteiger partial charge in [0.25, 0.3) is 0 Å². The molecule has 2 N–H and O–H groups in total. The van der Waals surface area contributed by atoms with Crippen molar-refractivity contribution >= 4 is 11.7 Å². The molecule has 4 nitrogen and oxygen atoms in total. The molecule has 1 aromatic carbocycles. The molecule has 0 aliphatic carbocycles. The highest BCUT2D eigenvalue weighted by atomic mass is 16.4. The van der Waals surface area contributed by atoms with E-state index < -0.39 is 12.0 Å². The van der Waals surface area contributed by atoms with Crippen LogP contribution in [0, 0.1) is 5.92 Å². The van der Waals surface area contributed by atoms with Crippen molar-refractivity contribution in [3.8, 4) is 0 Å². The minimum absolute atomic E-state index is 0.0815. The Morgan fingerprint density at radius 2 is 2.21 bits per heavy atom. The maximum atomic E-state index is 11.1. The summed E-state index contributed by atoms with van der Waals surface area (Å²) in [4.78, 5) is 13.4. The first-order chi connectivity index (χ1) is 8.99. The fraction of sp³-hybridized carbons (Fsp3) is 0.533. The second-order valence-corrected chi connectivity index (χ2v) is 5.58. The third kappa shape index (κ3) is 3.07. The normalized spacial score (nSPS) is 15.7. The van der Waals surface area contributed by atoms with Crippen LogP contribution in [0.15, 0.2) is 18.2 Å². The molecule has 1 aromatic rings. The number of carboxylic acids is 1. The van der Waals surface area contributed by atoms with E-state index in [-0.39, 0.29) is 5.92 Å². The zero-order valence-corrected chi connectivity index (χ0v) is 11.8. The number of anilines is 1. The van der Waals surface area contributed by atoms with Crippen molar-refractivity contribution in [1.82, 2.24) is 5.32 Å². The largest absolute Gasteiger partial charge is 0.480 e. The van der Waals surface area contributed by atoms with Crippen molar-refractivity contribution in [3.63, 3.8) is 0 Å². The average molecular weight is 262 g/mol. The molecule has 4 heteroatoms. The summed E-state index contributed by atoms with van der Waals surface area (Å²) in [6.07, 6.45) is 1.08. The SMILES string of the molecule is CC(C)C(NCc1ccc2c(c1)CCN2C)C(=O)O. The van der Waals surface area contributed by atoms with Gasteiger partial charge in [0.2, 0.25) is 0 Å². The van der Waals surface area contributed by atoms with E-state index in [4.69, 9.17) is 5.11 Å². The highest BCUT2D eigenvalue weighted by Gasteiger charge is 2.21. The Morgan fingerprint density at radius 1 is 1.47 bits per heavy atom. The van der Waals surface area contributed by atoms with Gasteiger partial charge in [0.15, 0.2) is 0 Å². The third-order valence-corrected chi connectivity index (χ3v) is 3.73. The summed E-state index contributed by atoms with van der Waals surface area (Å²) >= 11 is 0. The Balaban J connectivity index is 2.02. The summed E-state index contributed by atoms with van der Waals surface area (Å²) in [5.74, 6) is -0.700. The van der Waals surface area contributed by atoms with Crippen LogP contribution in [0.3, 0.4) is 0 Å². The number of nitrogens with zero attached hydrogens (tertiary/aromatic N) is 1. The molecule has 1 unspecified atom stereocenters. The minimum atomic E-state index is -0.782. The van der Waals surface area contributed by atoms with E-state index in [1.165, 1.54) is 11.3 Å². The fourth-order valence-corrected chi connectivity index (χ4v) is 2.57. The monoisotopic (exact) mass is 262 g/mol. The van der Waals surface area contributed by atoms with Crippen molar-refractivity contribution in [3.05, 3.63) is 29.3 Å². The molecule has 1 heterocycles. The van der Waals surface area contributed by atoms with Crippen LogP contribution in [0.5, 0.6) is 0 Å². The molecule has 0 aromatic heterocycles. The van der Waals surface area contributed by atoms with Gasteiger partial charge in [-0.05, 0) is 29.5 Å². The number of carboxylic acid groups (broad SMARTS) is 1. The van der Waals surface area contributed by atoms with E-state index in [0.717, 1.165) is 18.5 Å². The lowest BCUT2D eigenvalue weighted by atomic mass is 10.0. The number of hydrogen-bond donors (Lipinski definition) is 2. The van der Waals surface area contributed by atoms with Crippen molar-refractivity contribution < 1.29 is 9.90 Å². The molecule has 1 aliphatic rings. The second-order valence-electron chi connectivity index (χ2n) is 5.58. The van der Waals surface area contributed by atoms with Gasteiger partial charge in [-0.1, -0.05) is 26.0 Å². The molecule has 2 rings (SSSR count). The van der Waals surface area contributed by atoms with Crippen LogP contribution >= 0.6 is 0 Å². The Hall–Kier alpha value is -1.55. The maximum absolute atomic E-state index is 11.1. The number of benzene rings is 1. The van der Waals surface area contributed by atoms with Crippen LogP contribution in [0.1, 0.15) is 25.0 Å². The number of nitrogens with one attached hydrogen (secondary N) is 1. The molecule has 0 bridgehead atoms. The van der Waals surface area contributed by atoms with Gasteiger partial charge < -0.3 is 15.3 Å². The summed E-state index contributed by atoms with van der Waals surface area (Å²) in [7, 11) is 2.10. The number of aliphatic carboxylic acids is 1. The van der Waals surface area contributed by atoms with Crippen LogP contribution in [0.2, 0.25) is 0 Å². The fourth-order valence-electron chi connectivity index (χ4n) is 2.57. The summed E-state index contributed by atoms with van der Waals surface area (Å²) < 4.78 is 0. The summed E-state index contributed by atoms with van der Waals surface area (Å²) in [5, 5.41) is 12.3. The Kier molecular flexibility index (Phi) is 4.10. The highest BCUT2D eigenvalue weighted by Crippen LogP contribution is 2.27. The van der Waals surface area contributed by atoms with Gasteiger partial charge in [-0.2, -0.15) is 0 Å². The molecule has 19 heavy (non-hydrogen) atoms. The first-order valence-electron chi connectivity index (χ1n) is 6.78. The maximum Gasteiger partial charge on any atom is 0.320 e. The van der Waals surface area contributed by atoms with E-state index in [1.807, 2.05) is 13.8 Å². The first-order valence-corrected chi connectivity index (χ1v) is 6.78. The molecule has 1 aliphatic heterocycles. The van der Waals surface area contributed by atoms with E-state index >= 15 is 0 Å². The highest BCUT2D eigenvalue weighted by molar-refractivity contribution is 5.73. The predicted molar refractivity (Wildman–Crippen MR) is 76.5 cm³/mol. The van der Waals surface area contributed by atoms with Gasteiger partial charge in [-0.3, -0.25) is 4.79 Å². The number of carbonyl (C=O) groups is 1. The van der Waals surface area contributed by atoms with Gasteiger partial charge >= 0.3 is 5.97 Å². The lowest BCUT2D eigenvalue weighted by Gasteiger charge is -2.18. The summed E-state index contributed by atoms with van der Waals surface area (Å²) in [5.41, 5.74) is 3.81.